The summed E-state index contributed by atoms with van der Waals surface area (Å²) < 4.78 is 5.93. The molecule has 0 spiro atoms. The summed E-state index contributed by atoms with van der Waals surface area (Å²) in [5, 5.41) is 3.87. The van der Waals surface area contributed by atoms with Gasteiger partial charge in [-0.2, -0.15) is 5.10 Å². The van der Waals surface area contributed by atoms with Crippen molar-refractivity contribution in [2.45, 2.75) is 0 Å². The van der Waals surface area contributed by atoms with E-state index >= 15 is 0 Å². The SMILES string of the molecule is COC(=O)c1cnc(-n2cncn2)cn1. The summed E-state index contributed by atoms with van der Waals surface area (Å²) in [5.41, 5.74) is 0.154. The lowest BCUT2D eigenvalue weighted by Crippen LogP contribution is -2.07. The van der Waals surface area contributed by atoms with E-state index in [9.17, 15) is 4.79 Å². The van der Waals surface area contributed by atoms with E-state index in [1.807, 2.05) is 0 Å². The molecule has 0 aliphatic heterocycles. The van der Waals surface area contributed by atoms with Crippen LogP contribution in [0.3, 0.4) is 0 Å². The fourth-order valence-corrected chi connectivity index (χ4v) is 0.976. The van der Waals surface area contributed by atoms with Crippen molar-refractivity contribution in [3.05, 3.63) is 30.7 Å². The van der Waals surface area contributed by atoms with Crippen LogP contribution < -0.4 is 0 Å². The third-order valence-corrected chi connectivity index (χ3v) is 1.69. The summed E-state index contributed by atoms with van der Waals surface area (Å²) in [7, 11) is 1.29. The van der Waals surface area contributed by atoms with Crippen molar-refractivity contribution in [3.63, 3.8) is 0 Å². The Morgan fingerprint density at radius 2 is 2.27 bits per heavy atom. The van der Waals surface area contributed by atoms with Crippen molar-refractivity contribution in [2.75, 3.05) is 7.11 Å². The third-order valence-electron chi connectivity index (χ3n) is 1.69. The molecule has 7 heteroatoms. The Morgan fingerprint density at radius 1 is 1.40 bits per heavy atom. The first-order valence-electron chi connectivity index (χ1n) is 4.06. The molecule has 2 aromatic heterocycles. The second-order valence-electron chi connectivity index (χ2n) is 2.59. The minimum atomic E-state index is -0.521. The van der Waals surface area contributed by atoms with E-state index in [0.29, 0.717) is 5.82 Å². The predicted octanol–water partition coefficient (Wildman–Crippen LogP) is -0.156. The maximum atomic E-state index is 11.1. The molecule has 2 heterocycles. The molecule has 2 rings (SSSR count). The molecule has 0 atom stereocenters. The van der Waals surface area contributed by atoms with Crippen LogP contribution in [0.4, 0.5) is 0 Å². The summed E-state index contributed by atoms with van der Waals surface area (Å²) in [5.74, 6) is -0.0345. The fraction of sp³-hybridized carbons (Fsp3) is 0.125. The van der Waals surface area contributed by atoms with Gasteiger partial charge in [-0.3, -0.25) is 0 Å². The van der Waals surface area contributed by atoms with Crippen LogP contribution >= 0.6 is 0 Å². The molecule has 0 saturated carbocycles. The number of rotatable bonds is 2. The van der Waals surface area contributed by atoms with Gasteiger partial charge >= 0.3 is 5.97 Å². The molecule has 0 N–H and O–H groups in total. The normalized spacial score (nSPS) is 9.93. The van der Waals surface area contributed by atoms with E-state index < -0.39 is 5.97 Å². The number of ether oxygens (including phenoxy) is 1. The predicted molar refractivity (Wildman–Crippen MR) is 48.3 cm³/mol. The smallest absolute Gasteiger partial charge is 0.358 e. The highest BCUT2D eigenvalue weighted by molar-refractivity contribution is 5.86. The molecule has 0 aliphatic rings. The van der Waals surface area contributed by atoms with E-state index in [1.54, 1.807) is 0 Å². The first-order chi connectivity index (χ1) is 7.31. The lowest BCUT2D eigenvalue weighted by Gasteiger charge is -1.99. The van der Waals surface area contributed by atoms with E-state index in [2.05, 4.69) is 24.8 Å². The number of methoxy groups -OCH3 is 1. The Labute approximate surface area is 84.8 Å². The Kier molecular flexibility index (Phi) is 2.36. The van der Waals surface area contributed by atoms with Gasteiger partial charge < -0.3 is 4.74 Å². The number of esters is 1. The molecule has 0 bridgehead atoms. The van der Waals surface area contributed by atoms with Crippen LogP contribution in [0, 0.1) is 0 Å². The largest absolute Gasteiger partial charge is 0.464 e. The van der Waals surface area contributed by atoms with Crippen molar-refractivity contribution >= 4 is 5.97 Å². The van der Waals surface area contributed by atoms with Gasteiger partial charge in [0.1, 0.15) is 12.7 Å². The molecule has 0 fully saturated rings. The highest BCUT2D eigenvalue weighted by atomic mass is 16.5. The van der Waals surface area contributed by atoms with Gasteiger partial charge in [0, 0.05) is 0 Å². The number of carbonyl (C=O) groups excluding carboxylic acids is 1. The van der Waals surface area contributed by atoms with Crippen molar-refractivity contribution in [2.24, 2.45) is 0 Å². The van der Waals surface area contributed by atoms with Crippen molar-refractivity contribution in [1.82, 2.24) is 24.7 Å². The minimum Gasteiger partial charge on any atom is -0.464 e. The molecule has 0 aromatic carbocycles. The number of nitrogens with zero attached hydrogens (tertiary/aromatic N) is 5. The molecule has 15 heavy (non-hydrogen) atoms. The van der Waals surface area contributed by atoms with Crippen LogP contribution in [0.15, 0.2) is 25.0 Å². The standard InChI is InChI=1S/C8H7N5O2/c1-15-8(14)6-2-11-7(3-10-6)13-5-9-4-12-13/h2-5H,1H3. The lowest BCUT2D eigenvalue weighted by molar-refractivity contribution is 0.0593. The number of carbonyl (C=O) groups is 1. The monoisotopic (exact) mass is 205 g/mol. The third kappa shape index (κ3) is 1.80. The van der Waals surface area contributed by atoms with Crippen LogP contribution in [0.1, 0.15) is 10.5 Å². The van der Waals surface area contributed by atoms with Crippen LogP contribution in [0.5, 0.6) is 0 Å². The molecule has 0 radical (unpaired) electrons. The quantitative estimate of drug-likeness (QED) is 0.634. The summed E-state index contributed by atoms with van der Waals surface area (Å²) in [6, 6.07) is 0. The zero-order chi connectivity index (χ0) is 10.7. The van der Waals surface area contributed by atoms with Crippen LogP contribution in [0.2, 0.25) is 0 Å². The van der Waals surface area contributed by atoms with E-state index in [0.717, 1.165) is 0 Å². The zero-order valence-corrected chi connectivity index (χ0v) is 7.86. The van der Waals surface area contributed by atoms with Gasteiger partial charge in [-0.25, -0.2) is 24.4 Å². The van der Waals surface area contributed by atoms with E-state index in [-0.39, 0.29) is 5.69 Å². The van der Waals surface area contributed by atoms with Gasteiger partial charge in [-0.15, -0.1) is 0 Å². The lowest BCUT2D eigenvalue weighted by atomic mass is 10.4. The van der Waals surface area contributed by atoms with Crippen LogP contribution in [-0.2, 0) is 4.74 Å². The number of hydrogen-bond acceptors (Lipinski definition) is 6. The molecule has 0 aliphatic carbocycles. The maximum Gasteiger partial charge on any atom is 0.358 e. The summed E-state index contributed by atoms with van der Waals surface area (Å²) in [4.78, 5) is 22.7. The Morgan fingerprint density at radius 3 is 2.80 bits per heavy atom. The highest BCUT2D eigenvalue weighted by Gasteiger charge is 2.07. The van der Waals surface area contributed by atoms with Crippen molar-refractivity contribution < 1.29 is 9.53 Å². The topological polar surface area (TPSA) is 82.8 Å². The summed E-state index contributed by atoms with van der Waals surface area (Å²) >= 11 is 0. The van der Waals surface area contributed by atoms with Gasteiger partial charge in [-0.1, -0.05) is 0 Å². The van der Waals surface area contributed by atoms with Crippen LogP contribution in [-0.4, -0.2) is 37.8 Å². The van der Waals surface area contributed by atoms with Gasteiger partial charge in [0.05, 0.1) is 19.5 Å². The summed E-state index contributed by atoms with van der Waals surface area (Å²) in [6.07, 6.45) is 5.61. The molecule has 7 nitrogen and oxygen atoms in total. The van der Waals surface area contributed by atoms with Gasteiger partial charge in [-0.05, 0) is 0 Å². The molecular formula is C8H7N5O2. The van der Waals surface area contributed by atoms with Gasteiger partial charge in [0.15, 0.2) is 11.5 Å². The Balaban J connectivity index is 2.29. The second-order valence-corrected chi connectivity index (χ2v) is 2.59. The van der Waals surface area contributed by atoms with Gasteiger partial charge in [0.2, 0.25) is 0 Å². The molecule has 76 valence electrons. The first kappa shape index (κ1) is 9.25. The van der Waals surface area contributed by atoms with E-state index in [4.69, 9.17) is 0 Å². The number of aromatic nitrogens is 5. The van der Waals surface area contributed by atoms with Crippen molar-refractivity contribution in [3.8, 4) is 5.82 Å². The first-order valence-corrected chi connectivity index (χ1v) is 4.06. The molecule has 0 amide bonds. The van der Waals surface area contributed by atoms with Crippen molar-refractivity contribution in [1.29, 1.82) is 0 Å². The second kappa shape index (κ2) is 3.82. The fourth-order valence-electron chi connectivity index (χ4n) is 0.976. The Hall–Kier alpha value is -2.31. The minimum absolute atomic E-state index is 0.154. The Bertz CT molecular complexity index is 450. The van der Waals surface area contributed by atoms with E-state index in [1.165, 1.54) is 36.8 Å². The summed E-state index contributed by atoms with van der Waals surface area (Å²) in [6.45, 7) is 0. The van der Waals surface area contributed by atoms with Gasteiger partial charge in [0.25, 0.3) is 0 Å². The number of hydrogen-bond donors (Lipinski definition) is 0. The molecular weight excluding hydrogens is 198 g/mol. The highest BCUT2D eigenvalue weighted by Crippen LogP contribution is 2.00. The molecule has 2 aromatic rings. The maximum absolute atomic E-state index is 11.1. The zero-order valence-electron chi connectivity index (χ0n) is 7.86. The van der Waals surface area contributed by atoms with Crippen LogP contribution in [0.25, 0.3) is 5.82 Å². The average molecular weight is 205 g/mol. The average Bonchev–Trinajstić information content (AvgIpc) is 2.82. The molecule has 0 unspecified atom stereocenters. The molecule has 0 saturated heterocycles.